The number of halogens is 2. The third kappa shape index (κ3) is 5.43. The summed E-state index contributed by atoms with van der Waals surface area (Å²) in [6.07, 6.45) is 7.01. The molecule has 0 radical (unpaired) electrons. The average Bonchev–Trinajstić information content (AvgIpc) is 2.91. The summed E-state index contributed by atoms with van der Waals surface area (Å²) in [5.74, 6) is 0.551. The first-order valence-corrected chi connectivity index (χ1v) is 13.5. The van der Waals surface area contributed by atoms with Crippen LogP contribution in [-0.2, 0) is 0 Å². The molecule has 3 aromatic carbocycles. The van der Waals surface area contributed by atoms with E-state index in [-0.39, 0.29) is 11.9 Å². The lowest BCUT2D eigenvalue weighted by atomic mass is 9.78. The smallest absolute Gasteiger partial charge is 0.260 e. The number of piperidine rings is 1. The van der Waals surface area contributed by atoms with Crippen LogP contribution in [0.5, 0.6) is 0 Å². The topological polar surface area (TPSA) is 23.6 Å². The Morgan fingerprint density at radius 1 is 0.771 bits per heavy atom. The van der Waals surface area contributed by atoms with Gasteiger partial charge in [0.25, 0.3) is 5.91 Å². The highest BCUT2D eigenvalue weighted by atomic mass is 35.5. The SMILES string of the molecule is O=C(c1ccccc1Cl)N(c1ccc(Cl)cc1)C1CCN([C@@H]2CCCC[C@@H]2c2ccccc2)CC1. The highest BCUT2D eigenvalue weighted by Crippen LogP contribution is 2.38. The fraction of sp³-hybridized carbons (Fsp3) is 0.367. The molecule has 0 aromatic heterocycles. The van der Waals surface area contributed by atoms with E-state index < -0.39 is 0 Å². The zero-order valence-electron chi connectivity index (χ0n) is 20.0. The number of hydrogen-bond donors (Lipinski definition) is 0. The van der Waals surface area contributed by atoms with Gasteiger partial charge in [-0.2, -0.15) is 0 Å². The van der Waals surface area contributed by atoms with Crippen molar-refractivity contribution in [2.75, 3.05) is 18.0 Å². The minimum Gasteiger partial charge on any atom is -0.305 e. The van der Waals surface area contributed by atoms with Crippen LogP contribution in [0.4, 0.5) is 5.69 Å². The van der Waals surface area contributed by atoms with Crippen LogP contribution in [0.3, 0.4) is 0 Å². The summed E-state index contributed by atoms with van der Waals surface area (Å²) in [6.45, 7) is 2.00. The van der Waals surface area contributed by atoms with Crippen molar-refractivity contribution >= 4 is 34.8 Å². The second kappa shape index (κ2) is 11.2. The summed E-state index contributed by atoms with van der Waals surface area (Å²) in [6, 6.07) is 26.6. The van der Waals surface area contributed by atoms with Crippen molar-refractivity contribution in [2.24, 2.45) is 0 Å². The molecule has 0 unspecified atom stereocenters. The van der Waals surface area contributed by atoms with Crippen molar-refractivity contribution in [2.45, 2.75) is 56.5 Å². The van der Waals surface area contributed by atoms with Gasteiger partial charge in [0.1, 0.15) is 0 Å². The van der Waals surface area contributed by atoms with Gasteiger partial charge in [-0.15, -0.1) is 0 Å². The second-order valence-corrected chi connectivity index (χ2v) is 10.6. The molecule has 3 aromatic rings. The normalized spacial score (nSPS) is 21.5. The lowest BCUT2D eigenvalue weighted by molar-refractivity contribution is 0.0895. The predicted octanol–water partition coefficient (Wildman–Crippen LogP) is 7.83. The molecule has 0 spiro atoms. The van der Waals surface area contributed by atoms with Crippen LogP contribution in [0.1, 0.15) is 60.4 Å². The Balaban J connectivity index is 1.36. The number of carbonyl (C=O) groups excluding carboxylic acids is 1. The molecule has 1 aliphatic heterocycles. The lowest BCUT2D eigenvalue weighted by Gasteiger charge is -2.45. The van der Waals surface area contributed by atoms with Crippen LogP contribution in [0.2, 0.25) is 10.0 Å². The van der Waals surface area contributed by atoms with Gasteiger partial charge < -0.3 is 4.90 Å². The van der Waals surface area contributed by atoms with Crippen LogP contribution in [0, 0.1) is 0 Å². The molecule has 5 heteroatoms. The van der Waals surface area contributed by atoms with E-state index >= 15 is 0 Å². The minimum atomic E-state index is -0.0452. The predicted molar refractivity (Wildman–Crippen MR) is 146 cm³/mol. The Morgan fingerprint density at radius 2 is 1.43 bits per heavy atom. The van der Waals surface area contributed by atoms with Crippen LogP contribution in [0.25, 0.3) is 0 Å². The molecule has 1 saturated heterocycles. The summed E-state index contributed by atoms with van der Waals surface area (Å²) in [5.41, 5.74) is 2.89. The Labute approximate surface area is 218 Å². The number of rotatable bonds is 5. The maximum atomic E-state index is 13.8. The number of anilines is 1. The largest absolute Gasteiger partial charge is 0.305 e. The number of carbonyl (C=O) groups is 1. The van der Waals surface area contributed by atoms with E-state index in [1.807, 2.05) is 47.4 Å². The molecular formula is C30H32Cl2N2O. The Bertz CT molecular complexity index is 1130. The van der Waals surface area contributed by atoms with Gasteiger partial charge in [-0.25, -0.2) is 0 Å². The summed E-state index contributed by atoms with van der Waals surface area (Å²) in [4.78, 5) is 18.4. The van der Waals surface area contributed by atoms with Crippen molar-refractivity contribution in [1.29, 1.82) is 0 Å². The van der Waals surface area contributed by atoms with Gasteiger partial charge in [0.15, 0.2) is 0 Å². The first kappa shape index (κ1) is 24.4. The van der Waals surface area contributed by atoms with Crippen molar-refractivity contribution in [3.63, 3.8) is 0 Å². The first-order chi connectivity index (χ1) is 17.1. The maximum absolute atomic E-state index is 13.8. The van der Waals surface area contributed by atoms with E-state index in [1.165, 1.54) is 31.2 Å². The Hall–Kier alpha value is -2.33. The van der Waals surface area contributed by atoms with Gasteiger partial charge in [-0.3, -0.25) is 9.69 Å². The second-order valence-electron chi connectivity index (χ2n) is 9.77. The van der Waals surface area contributed by atoms with E-state index in [1.54, 1.807) is 6.07 Å². The molecule has 35 heavy (non-hydrogen) atoms. The van der Waals surface area contributed by atoms with Gasteiger partial charge >= 0.3 is 0 Å². The molecule has 0 N–H and O–H groups in total. The highest BCUT2D eigenvalue weighted by molar-refractivity contribution is 6.34. The van der Waals surface area contributed by atoms with Crippen molar-refractivity contribution in [3.05, 3.63) is 100 Å². The van der Waals surface area contributed by atoms with Gasteiger partial charge in [0, 0.05) is 35.9 Å². The molecule has 182 valence electrons. The van der Waals surface area contributed by atoms with E-state index in [9.17, 15) is 4.79 Å². The fourth-order valence-electron chi connectivity index (χ4n) is 5.97. The molecular weight excluding hydrogens is 475 g/mol. The molecule has 5 rings (SSSR count). The average molecular weight is 508 g/mol. The van der Waals surface area contributed by atoms with Gasteiger partial charge in [-0.1, -0.05) is 78.5 Å². The number of benzene rings is 3. The van der Waals surface area contributed by atoms with Crippen LogP contribution in [-0.4, -0.2) is 36.0 Å². The minimum absolute atomic E-state index is 0.0452. The van der Waals surface area contributed by atoms with E-state index in [4.69, 9.17) is 23.2 Å². The number of amides is 1. The quantitative estimate of drug-likeness (QED) is 0.351. The van der Waals surface area contributed by atoms with Gasteiger partial charge in [-0.05, 0) is 73.6 Å². The monoisotopic (exact) mass is 506 g/mol. The molecule has 1 aliphatic carbocycles. The van der Waals surface area contributed by atoms with E-state index in [2.05, 4.69) is 35.2 Å². The zero-order chi connectivity index (χ0) is 24.2. The van der Waals surface area contributed by atoms with E-state index in [0.717, 1.165) is 31.6 Å². The van der Waals surface area contributed by atoms with E-state index in [0.29, 0.717) is 27.6 Å². The molecule has 2 atom stereocenters. The summed E-state index contributed by atoms with van der Waals surface area (Å²) in [7, 11) is 0. The molecule has 2 aliphatic rings. The molecule has 2 fully saturated rings. The molecule has 1 heterocycles. The molecule has 1 saturated carbocycles. The van der Waals surface area contributed by atoms with Crippen LogP contribution in [0.15, 0.2) is 78.9 Å². The maximum Gasteiger partial charge on any atom is 0.260 e. The third-order valence-corrected chi connectivity index (χ3v) is 8.30. The Morgan fingerprint density at radius 3 is 2.14 bits per heavy atom. The summed E-state index contributed by atoms with van der Waals surface area (Å²) < 4.78 is 0. The van der Waals surface area contributed by atoms with Crippen LogP contribution < -0.4 is 4.90 Å². The number of hydrogen-bond acceptors (Lipinski definition) is 2. The number of likely N-dealkylation sites (tertiary alicyclic amines) is 1. The van der Waals surface area contributed by atoms with Crippen LogP contribution >= 0.6 is 23.2 Å². The standard InChI is InChI=1S/C30H32Cl2N2O/c31-23-14-16-24(17-15-23)34(30(35)27-11-4-6-12-28(27)32)25-18-20-33(21-19-25)29-13-7-5-10-26(29)22-8-2-1-3-9-22/h1-4,6,8-9,11-12,14-17,25-26,29H,5,7,10,13,18-21H2/t26-,29-/m1/s1. The van der Waals surface area contributed by atoms with Crippen molar-refractivity contribution in [1.82, 2.24) is 4.90 Å². The van der Waals surface area contributed by atoms with Gasteiger partial charge in [0.05, 0.1) is 10.6 Å². The van der Waals surface area contributed by atoms with Crippen molar-refractivity contribution < 1.29 is 4.79 Å². The fourth-order valence-corrected chi connectivity index (χ4v) is 6.32. The summed E-state index contributed by atoms with van der Waals surface area (Å²) in [5, 5.41) is 1.15. The number of nitrogens with zero attached hydrogens (tertiary/aromatic N) is 2. The van der Waals surface area contributed by atoms with Gasteiger partial charge in [0.2, 0.25) is 0 Å². The zero-order valence-corrected chi connectivity index (χ0v) is 21.5. The molecule has 0 bridgehead atoms. The molecule has 3 nitrogen and oxygen atoms in total. The Kier molecular flexibility index (Phi) is 7.77. The highest BCUT2D eigenvalue weighted by Gasteiger charge is 2.36. The van der Waals surface area contributed by atoms with Crippen molar-refractivity contribution in [3.8, 4) is 0 Å². The first-order valence-electron chi connectivity index (χ1n) is 12.7. The molecule has 1 amide bonds. The summed E-state index contributed by atoms with van der Waals surface area (Å²) >= 11 is 12.6. The lowest BCUT2D eigenvalue weighted by Crippen LogP contribution is -2.51. The third-order valence-electron chi connectivity index (χ3n) is 7.72.